The summed E-state index contributed by atoms with van der Waals surface area (Å²) in [4.78, 5) is 14.1. The Morgan fingerprint density at radius 1 is 1.22 bits per heavy atom. The maximum absolute atomic E-state index is 13.8. The maximum atomic E-state index is 13.8. The van der Waals surface area contributed by atoms with Crippen LogP contribution < -0.4 is 4.74 Å². The van der Waals surface area contributed by atoms with Gasteiger partial charge in [0, 0.05) is 6.54 Å². The van der Waals surface area contributed by atoms with Gasteiger partial charge in [-0.05, 0) is 29.8 Å². The largest absolute Gasteiger partial charge is 0.497 e. The third kappa shape index (κ3) is 3.35. The SMILES string of the molecule is COc1ccc(C2CN(C(=O)c3ccccc3F)CCO2)cc1. The number of hydrogen-bond acceptors (Lipinski definition) is 3. The summed E-state index contributed by atoms with van der Waals surface area (Å²) < 4.78 is 24.7. The van der Waals surface area contributed by atoms with Crippen LogP contribution in [0.5, 0.6) is 5.75 Å². The van der Waals surface area contributed by atoms with Gasteiger partial charge < -0.3 is 14.4 Å². The Kier molecular flexibility index (Phi) is 4.57. The van der Waals surface area contributed by atoms with Gasteiger partial charge in [-0.2, -0.15) is 0 Å². The number of morpholine rings is 1. The zero-order valence-corrected chi connectivity index (χ0v) is 12.9. The molecule has 1 fully saturated rings. The molecule has 1 aliphatic heterocycles. The molecule has 0 spiro atoms. The minimum Gasteiger partial charge on any atom is -0.497 e. The lowest BCUT2D eigenvalue weighted by atomic mass is 10.1. The molecule has 23 heavy (non-hydrogen) atoms. The lowest BCUT2D eigenvalue weighted by molar-refractivity contribution is -0.0229. The first kappa shape index (κ1) is 15.5. The molecule has 120 valence electrons. The number of halogens is 1. The molecule has 1 amide bonds. The van der Waals surface area contributed by atoms with Gasteiger partial charge in [0.2, 0.25) is 0 Å². The van der Waals surface area contributed by atoms with Crippen LogP contribution in [0.1, 0.15) is 22.0 Å². The van der Waals surface area contributed by atoms with Crippen LogP contribution in [0.4, 0.5) is 4.39 Å². The van der Waals surface area contributed by atoms with E-state index in [1.807, 2.05) is 24.3 Å². The summed E-state index contributed by atoms with van der Waals surface area (Å²) in [6, 6.07) is 13.6. The van der Waals surface area contributed by atoms with Gasteiger partial charge in [-0.25, -0.2) is 4.39 Å². The van der Waals surface area contributed by atoms with Gasteiger partial charge in [0.15, 0.2) is 0 Å². The minimum absolute atomic E-state index is 0.0999. The highest BCUT2D eigenvalue weighted by molar-refractivity contribution is 5.94. The van der Waals surface area contributed by atoms with Crippen molar-refractivity contribution in [2.45, 2.75) is 6.10 Å². The fourth-order valence-electron chi connectivity index (χ4n) is 2.66. The van der Waals surface area contributed by atoms with Gasteiger partial charge >= 0.3 is 0 Å². The molecule has 3 rings (SSSR count). The Balaban J connectivity index is 1.75. The first-order valence-corrected chi connectivity index (χ1v) is 7.48. The number of carbonyl (C=O) groups excluding carboxylic acids is 1. The Morgan fingerprint density at radius 2 is 1.96 bits per heavy atom. The van der Waals surface area contributed by atoms with Crippen LogP contribution in [0.15, 0.2) is 48.5 Å². The molecule has 0 radical (unpaired) electrons. The second kappa shape index (κ2) is 6.79. The number of benzene rings is 2. The minimum atomic E-state index is -0.495. The molecule has 2 aromatic rings. The highest BCUT2D eigenvalue weighted by Crippen LogP contribution is 2.25. The number of methoxy groups -OCH3 is 1. The van der Waals surface area contributed by atoms with E-state index in [0.29, 0.717) is 19.7 Å². The zero-order chi connectivity index (χ0) is 16.2. The molecule has 1 unspecified atom stereocenters. The maximum Gasteiger partial charge on any atom is 0.257 e. The van der Waals surface area contributed by atoms with Crippen molar-refractivity contribution < 1.29 is 18.7 Å². The topological polar surface area (TPSA) is 38.8 Å². The molecule has 0 bridgehead atoms. The Bertz CT molecular complexity index is 687. The molecule has 0 N–H and O–H groups in total. The summed E-state index contributed by atoms with van der Waals surface area (Å²) in [7, 11) is 1.61. The molecule has 1 heterocycles. The third-order valence-electron chi connectivity index (χ3n) is 3.95. The number of carbonyl (C=O) groups is 1. The fraction of sp³-hybridized carbons (Fsp3) is 0.278. The smallest absolute Gasteiger partial charge is 0.257 e. The molecule has 2 aromatic carbocycles. The van der Waals surface area contributed by atoms with Crippen molar-refractivity contribution in [3.8, 4) is 5.75 Å². The predicted octanol–water partition coefficient (Wildman–Crippen LogP) is 3.05. The molecule has 0 aromatic heterocycles. The summed E-state index contributed by atoms with van der Waals surface area (Å²) in [6.45, 7) is 1.29. The zero-order valence-electron chi connectivity index (χ0n) is 12.9. The van der Waals surface area contributed by atoms with Gasteiger partial charge in [-0.1, -0.05) is 24.3 Å². The van der Waals surface area contributed by atoms with Gasteiger partial charge in [-0.15, -0.1) is 0 Å². The monoisotopic (exact) mass is 315 g/mol. The second-order valence-corrected chi connectivity index (χ2v) is 5.36. The van der Waals surface area contributed by atoms with Crippen molar-refractivity contribution in [3.05, 3.63) is 65.5 Å². The molecular formula is C18H18FNO3. The van der Waals surface area contributed by atoms with Crippen LogP contribution in [0.2, 0.25) is 0 Å². The average Bonchev–Trinajstić information content (AvgIpc) is 2.62. The number of ether oxygens (including phenoxy) is 2. The Morgan fingerprint density at radius 3 is 2.65 bits per heavy atom. The summed E-state index contributed by atoms with van der Waals surface area (Å²) in [5.74, 6) is -0.0289. The summed E-state index contributed by atoms with van der Waals surface area (Å²) in [6.07, 6.45) is -0.217. The van der Waals surface area contributed by atoms with Crippen LogP contribution in [0.25, 0.3) is 0 Å². The van der Waals surface area contributed by atoms with Crippen LogP contribution in [0, 0.1) is 5.82 Å². The van der Waals surface area contributed by atoms with E-state index in [-0.39, 0.29) is 17.6 Å². The molecule has 4 nitrogen and oxygen atoms in total. The van der Waals surface area contributed by atoms with E-state index in [2.05, 4.69) is 0 Å². The van der Waals surface area contributed by atoms with E-state index in [1.165, 1.54) is 12.1 Å². The highest BCUT2D eigenvalue weighted by Gasteiger charge is 2.27. The predicted molar refractivity (Wildman–Crippen MR) is 84.0 cm³/mol. The van der Waals surface area contributed by atoms with E-state index < -0.39 is 5.82 Å². The number of hydrogen-bond donors (Lipinski definition) is 0. The van der Waals surface area contributed by atoms with Crippen LogP contribution in [-0.4, -0.2) is 37.6 Å². The fourth-order valence-corrected chi connectivity index (χ4v) is 2.66. The van der Waals surface area contributed by atoms with E-state index >= 15 is 0 Å². The van der Waals surface area contributed by atoms with Crippen molar-refractivity contribution in [2.24, 2.45) is 0 Å². The highest BCUT2D eigenvalue weighted by atomic mass is 19.1. The third-order valence-corrected chi connectivity index (χ3v) is 3.95. The van der Waals surface area contributed by atoms with Crippen molar-refractivity contribution in [1.29, 1.82) is 0 Å². The van der Waals surface area contributed by atoms with Gasteiger partial charge in [-0.3, -0.25) is 4.79 Å². The Labute approximate surface area is 134 Å². The standard InChI is InChI=1S/C18H18FNO3/c1-22-14-8-6-13(7-9-14)17-12-20(10-11-23-17)18(21)15-4-2-3-5-16(15)19/h2-9,17H,10-12H2,1H3. The number of rotatable bonds is 3. The van der Waals surface area contributed by atoms with Gasteiger partial charge in [0.25, 0.3) is 5.91 Å². The van der Waals surface area contributed by atoms with Gasteiger partial charge in [0.05, 0.1) is 25.8 Å². The van der Waals surface area contributed by atoms with Crippen LogP contribution >= 0.6 is 0 Å². The summed E-state index contributed by atoms with van der Waals surface area (Å²) in [5, 5.41) is 0. The molecule has 0 aliphatic carbocycles. The molecular weight excluding hydrogens is 297 g/mol. The quantitative estimate of drug-likeness (QED) is 0.874. The van der Waals surface area contributed by atoms with Crippen LogP contribution in [-0.2, 0) is 4.74 Å². The molecule has 0 saturated carbocycles. The van der Waals surface area contributed by atoms with E-state index in [1.54, 1.807) is 24.1 Å². The molecule has 1 aliphatic rings. The summed E-state index contributed by atoms with van der Waals surface area (Å²) >= 11 is 0. The van der Waals surface area contributed by atoms with E-state index in [4.69, 9.17) is 9.47 Å². The van der Waals surface area contributed by atoms with Crippen molar-refractivity contribution in [3.63, 3.8) is 0 Å². The van der Waals surface area contributed by atoms with Crippen LogP contribution in [0.3, 0.4) is 0 Å². The lowest BCUT2D eigenvalue weighted by Crippen LogP contribution is -2.42. The normalized spacial score (nSPS) is 17.8. The first-order valence-electron chi connectivity index (χ1n) is 7.48. The molecule has 5 heteroatoms. The second-order valence-electron chi connectivity index (χ2n) is 5.36. The number of amides is 1. The first-order chi connectivity index (χ1) is 11.2. The van der Waals surface area contributed by atoms with Gasteiger partial charge in [0.1, 0.15) is 17.7 Å². The summed E-state index contributed by atoms with van der Waals surface area (Å²) in [5.41, 5.74) is 1.07. The Hall–Kier alpha value is -2.40. The average molecular weight is 315 g/mol. The molecule has 1 atom stereocenters. The number of nitrogens with zero attached hydrogens (tertiary/aromatic N) is 1. The van der Waals surface area contributed by atoms with Crippen molar-refractivity contribution in [2.75, 3.05) is 26.8 Å². The van der Waals surface area contributed by atoms with E-state index in [9.17, 15) is 9.18 Å². The lowest BCUT2D eigenvalue weighted by Gasteiger charge is -2.33. The molecule has 1 saturated heterocycles. The van der Waals surface area contributed by atoms with Crippen molar-refractivity contribution in [1.82, 2.24) is 4.90 Å². The van der Waals surface area contributed by atoms with Crippen molar-refractivity contribution >= 4 is 5.91 Å². The van der Waals surface area contributed by atoms with E-state index in [0.717, 1.165) is 11.3 Å².